The quantitative estimate of drug-likeness (QED) is 0.0425. The second-order valence-corrected chi connectivity index (χ2v) is 17.2. The molecule has 0 fully saturated rings. The Balaban J connectivity index is 3.37. The number of rotatable bonds is 46. The summed E-state index contributed by atoms with van der Waals surface area (Å²) in [6.45, 7) is 4.19. The molecule has 2 unspecified atom stereocenters. The van der Waals surface area contributed by atoms with Gasteiger partial charge in [-0.1, -0.05) is 262 Å². The summed E-state index contributed by atoms with van der Waals surface area (Å²) >= 11 is 0. The molecule has 0 saturated heterocycles. The molecule has 0 heterocycles. The third-order valence-electron chi connectivity index (χ3n) is 11.6. The molecule has 0 aromatic heterocycles. The number of carbonyl (C=O) groups is 1. The number of nitrogens with one attached hydrogen (secondary N) is 1. The minimum Gasteiger partial charge on any atom is -0.394 e. The van der Waals surface area contributed by atoms with Crippen LogP contribution in [0.4, 0.5) is 0 Å². The van der Waals surface area contributed by atoms with E-state index >= 15 is 0 Å². The minimum absolute atomic E-state index is 0.0764. The highest BCUT2D eigenvalue weighted by Gasteiger charge is 2.17. The molecule has 0 aliphatic rings. The summed E-state index contributed by atoms with van der Waals surface area (Å²) in [7, 11) is 0. The van der Waals surface area contributed by atoms with Gasteiger partial charge in [0.2, 0.25) is 5.91 Å². The molecule has 56 heavy (non-hydrogen) atoms. The normalized spacial score (nSPS) is 13.1. The maximum Gasteiger partial charge on any atom is 0.220 e. The van der Waals surface area contributed by atoms with Crippen LogP contribution in [0.5, 0.6) is 0 Å². The second-order valence-electron chi connectivity index (χ2n) is 17.2. The number of allylic oxidation sites excluding steroid dienone is 5. The maximum absolute atomic E-state index is 12.4. The Bertz CT molecular complexity index is 851. The molecule has 330 valence electrons. The van der Waals surface area contributed by atoms with Crippen LogP contribution < -0.4 is 5.32 Å². The fourth-order valence-electron chi connectivity index (χ4n) is 7.81. The molecular formula is C52H99NO3. The van der Waals surface area contributed by atoms with E-state index in [1.165, 1.54) is 205 Å². The smallest absolute Gasteiger partial charge is 0.220 e. The molecule has 0 saturated carbocycles. The van der Waals surface area contributed by atoms with Crippen molar-refractivity contribution in [2.24, 2.45) is 0 Å². The zero-order chi connectivity index (χ0) is 40.7. The molecule has 0 aromatic rings. The Labute approximate surface area is 351 Å². The predicted molar refractivity (Wildman–Crippen MR) is 248 cm³/mol. The average molecular weight is 786 g/mol. The van der Waals surface area contributed by atoms with Crippen LogP contribution in [0.3, 0.4) is 0 Å². The van der Waals surface area contributed by atoms with E-state index in [4.69, 9.17) is 0 Å². The topological polar surface area (TPSA) is 69.6 Å². The van der Waals surface area contributed by atoms with Gasteiger partial charge in [-0.05, 0) is 38.5 Å². The van der Waals surface area contributed by atoms with E-state index in [9.17, 15) is 15.0 Å². The summed E-state index contributed by atoms with van der Waals surface area (Å²) < 4.78 is 0. The van der Waals surface area contributed by atoms with Crippen molar-refractivity contribution in [1.82, 2.24) is 5.32 Å². The SMILES string of the molecule is CC/C=C/CC/C=C/CC/C=C/C(O)C(CO)NC(=O)CCCCCCCCCCCCCCCCCCCCCCCCCCCCCCCCCCCC. The number of aliphatic hydroxyl groups is 2. The van der Waals surface area contributed by atoms with Crippen molar-refractivity contribution >= 4 is 5.91 Å². The first-order valence-electron chi connectivity index (χ1n) is 25.2. The Morgan fingerprint density at radius 3 is 1.02 bits per heavy atom. The first-order valence-corrected chi connectivity index (χ1v) is 25.2. The molecule has 2 atom stereocenters. The van der Waals surface area contributed by atoms with Gasteiger partial charge in [0.25, 0.3) is 0 Å². The van der Waals surface area contributed by atoms with E-state index < -0.39 is 12.1 Å². The van der Waals surface area contributed by atoms with Gasteiger partial charge in [0.1, 0.15) is 0 Å². The largest absolute Gasteiger partial charge is 0.394 e. The predicted octanol–water partition coefficient (Wildman–Crippen LogP) is 16.1. The van der Waals surface area contributed by atoms with Crippen molar-refractivity contribution in [3.63, 3.8) is 0 Å². The lowest BCUT2D eigenvalue weighted by atomic mass is 10.0. The summed E-state index contributed by atoms with van der Waals surface area (Å²) in [5, 5.41) is 22.9. The second kappa shape index (κ2) is 48.0. The minimum atomic E-state index is -0.866. The lowest BCUT2D eigenvalue weighted by molar-refractivity contribution is -0.123. The van der Waals surface area contributed by atoms with Gasteiger partial charge < -0.3 is 15.5 Å². The van der Waals surface area contributed by atoms with E-state index in [0.717, 1.165) is 44.9 Å². The molecule has 1 amide bonds. The van der Waals surface area contributed by atoms with E-state index in [1.54, 1.807) is 6.08 Å². The van der Waals surface area contributed by atoms with Gasteiger partial charge in [-0.15, -0.1) is 0 Å². The fraction of sp³-hybridized carbons (Fsp3) is 0.865. The summed E-state index contributed by atoms with van der Waals surface area (Å²) in [5.74, 6) is -0.0764. The van der Waals surface area contributed by atoms with Crippen LogP contribution in [0.1, 0.15) is 271 Å². The maximum atomic E-state index is 12.4. The molecule has 0 spiro atoms. The van der Waals surface area contributed by atoms with Crippen LogP contribution in [0, 0.1) is 0 Å². The summed E-state index contributed by atoms with van der Waals surface area (Å²) in [4.78, 5) is 12.4. The highest BCUT2D eigenvalue weighted by Crippen LogP contribution is 2.17. The van der Waals surface area contributed by atoms with E-state index in [-0.39, 0.29) is 12.5 Å². The fourth-order valence-corrected chi connectivity index (χ4v) is 7.81. The van der Waals surface area contributed by atoms with Crippen molar-refractivity contribution in [3.05, 3.63) is 36.5 Å². The van der Waals surface area contributed by atoms with Crippen molar-refractivity contribution in [1.29, 1.82) is 0 Å². The molecule has 0 aromatic carbocycles. The first kappa shape index (κ1) is 54.6. The zero-order valence-corrected chi connectivity index (χ0v) is 37.9. The Kier molecular flexibility index (Phi) is 46.8. The third-order valence-corrected chi connectivity index (χ3v) is 11.6. The van der Waals surface area contributed by atoms with Gasteiger partial charge in [0, 0.05) is 6.42 Å². The van der Waals surface area contributed by atoms with E-state index in [1.807, 2.05) is 6.08 Å². The molecule has 0 aliphatic heterocycles. The Morgan fingerprint density at radius 2 is 0.714 bits per heavy atom. The lowest BCUT2D eigenvalue weighted by Crippen LogP contribution is -2.45. The van der Waals surface area contributed by atoms with Gasteiger partial charge in [0.05, 0.1) is 18.8 Å². The van der Waals surface area contributed by atoms with Crippen molar-refractivity contribution in [2.75, 3.05) is 6.61 Å². The van der Waals surface area contributed by atoms with Crippen LogP contribution >= 0.6 is 0 Å². The van der Waals surface area contributed by atoms with Gasteiger partial charge in [-0.3, -0.25) is 4.79 Å². The molecule has 0 radical (unpaired) electrons. The molecule has 0 rings (SSSR count). The van der Waals surface area contributed by atoms with Crippen molar-refractivity contribution < 1.29 is 15.0 Å². The Morgan fingerprint density at radius 1 is 0.429 bits per heavy atom. The van der Waals surface area contributed by atoms with Gasteiger partial charge in [0.15, 0.2) is 0 Å². The highest BCUT2D eigenvalue weighted by atomic mass is 16.3. The summed E-state index contributed by atoms with van der Waals surface area (Å²) in [5.41, 5.74) is 0. The van der Waals surface area contributed by atoms with Crippen molar-refractivity contribution in [2.45, 2.75) is 283 Å². The number of hydrogen-bond acceptors (Lipinski definition) is 3. The van der Waals surface area contributed by atoms with Crippen LogP contribution in [0.2, 0.25) is 0 Å². The third kappa shape index (κ3) is 43.7. The van der Waals surface area contributed by atoms with Crippen LogP contribution in [-0.2, 0) is 4.79 Å². The lowest BCUT2D eigenvalue weighted by Gasteiger charge is -2.19. The molecule has 3 N–H and O–H groups in total. The molecular weight excluding hydrogens is 687 g/mol. The summed E-state index contributed by atoms with van der Waals surface area (Å²) in [6, 6.07) is -0.641. The zero-order valence-electron chi connectivity index (χ0n) is 37.9. The number of unbranched alkanes of at least 4 members (excludes halogenated alkanes) is 35. The van der Waals surface area contributed by atoms with E-state index in [0.29, 0.717) is 6.42 Å². The standard InChI is InChI=1S/C52H99NO3/c1-3-5-7-9-11-13-15-16-17-18-19-20-21-22-23-24-25-26-27-28-29-30-31-32-33-34-35-36-37-38-40-42-44-46-48-52(56)53-50(49-54)51(55)47-45-43-41-39-14-12-10-8-6-4-2/h6,8,14,39,45,47,50-51,54-55H,3-5,7,9-13,15-38,40-44,46,48-49H2,1-2H3,(H,53,56)/b8-6+,39-14+,47-45+. The first-order chi connectivity index (χ1) is 27.7. The monoisotopic (exact) mass is 786 g/mol. The van der Waals surface area contributed by atoms with Crippen LogP contribution in [0.25, 0.3) is 0 Å². The molecule has 0 aliphatic carbocycles. The van der Waals surface area contributed by atoms with Gasteiger partial charge in [-0.25, -0.2) is 0 Å². The van der Waals surface area contributed by atoms with E-state index in [2.05, 4.69) is 43.5 Å². The average Bonchev–Trinajstić information content (AvgIpc) is 3.20. The molecule has 4 heteroatoms. The van der Waals surface area contributed by atoms with Gasteiger partial charge >= 0.3 is 0 Å². The van der Waals surface area contributed by atoms with Crippen LogP contribution in [-0.4, -0.2) is 34.9 Å². The summed E-state index contributed by atoms with van der Waals surface area (Å²) in [6.07, 6.45) is 64.6. The number of amides is 1. The van der Waals surface area contributed by atoms with Gasteiger partial charge in [-0.2, -0.15) is 0 Å². The number of aliphatic hydroxyl groups excluding tert-OH is 2. The van der Waals surface area contributed by atoms with Crippen molar-refractivity contribution in [3.8, 4) is 0 Å². The Hall–Kier alpha value is -1.39. The number of hydrogen-bond donors (Lipinski definition) is 3. The van der Waals surface area contributed by atoms with Crippen LogP contribution in [0.15, 0.2) is 36.5 Å². The number of carbonyl (C=O) groups excluding carboxylic acids is 1. The molecule has 4 nitrogen and oxygen atoms in total. The highest BCUT2D eigenvalue weighted by molar-refractivity contribution is 5.76. The molecule has 0 bridgehead atoms.